The smallest absolute Gasteiger partial charge is 0.268 e. The van der Waals surface area contributed by atoms with E-state index in [1.54, 1.807) is 24.5 Å². The number of rotatable bonds is 5. The highest BCUT2D eigenvalue weighted by atomic mass is 16.1. The number of benzene rings is 2. The van der Waals surface area contributed by atoms with Gasteiger partial charge in [0.1, 0.15) is 17.3 Å². The van der Waals surface area contributed by atoms with Crippen LogP contribution in [0.25, 0.3) is 66.1 Å². The molecule has 12 nitrogen and oxygen atoms in total. The number of amides is 1. The Labute approximate surface area is 340 Å². The van der Waals surface area contributed by atoms with Gasteiger partial charge in [0.2, 0.25) is 0 Å². The van der Waals surface area contributed by atoms with E-state index >= 15 is 0 Å². The molecular formula is C47H45N9O3. The Kier molecular flexibility index (Phi) is 9.62. The highest BCUT2D eigenvalue weighted by Gasteiger charge is 2.31. The van der Waals surface area contributed by atoms with E-state index in [2.05, 4.69) is 75.6 Å². The standard InChI is InChI=1S/C24H23N5O2.C23H22N4O/c1-13-11-29(12-14(13)2)24-16(9-15-5-3-4-6-17(15)28-24)19-10-20(30)21-18(27-19)7-8-26-22(21)23(25)31;1-14-12-27(13-15(14)2)23-17(9-16-5-3-4-6-19(16)26-23)21-10-22(28)18-11-24-8-7-20(18)25-21/h3-10,13-14H,11-12H2,1-2H3,(H2,25,31)(H,27,30);3-11,14-15H,12-13H2,1-2H3,(H,25,28)/t;14-,15-/m.0/s1. The van der Waals surface area contributed by atoms with E-state index in [4.69, 9.17) is 15.7 Å². The monoisotopic (exact) mass is 783 g/mol. The minimum absolute atomic E-state index is 0.0237. The van der Waals surface area contributed by atoms with E-state index in [1.807, 2.05) is 48.5 Å². The van der Waals surface area contributed by atoms with E-state index in [-0.39, 0.29) is 21.9 Å². The van der Waals surface area contributed by atoms with Crippen molar-refractivity contribution in [3.05, 3.63) is 130 Å². The molecule has 2 saturated heterocycles. The number of H-pyrrole nitrogens is 2. The Morgan fingerprint density at radius 2 is 1.14 bits per heavy atom. The summed E-state index contributed by atoms with van der Waals surface area (Å²) in [6.07, 6.45) is 4.79. The Hall–Kier alpha value is -6.95. The Morgan fingerprint density at radius 1 is 0.644 bits per heavy atom. The number of hydrogen-bond acceptors (Lipinski definition) is 9. The van der Waals surface area contributed by atoms with Gasteiger partial charge in [-0.25, -0.2) is 9.97 Å². The molecule has 8 aromatic rings. The lowest BCUT2D eigenvalue weighted by molar-refractivity contribution is 0.0997. The number of para-hydroxylation sites is 2. The molecule has 0 spiro atoms. The first-order chi connectivity index (χ1) is 28.5. The van der Waals surface area contributed by atoms with Crippen LogP contribution >= 0.6 is 0 Å². The first-order valence-electron chi connectivity index (χ1n) is 20.1. The maximum atomic E-state index is 13.0. The largest absolute Gasteiger partial charge is 0.364 e. The SMILES string of the molecule is CC1CN(c2nc3ccccc3cc2-c2cc(=O)c3c(C(N)=O)nccc3[nH]2)CC1C.C[C@H]1CN(c2nc3ccccc3cc2-c2cc(=O)c3cnccc3[nH]2)C[C@@H]1C. The molecule has 296 valence electrons. The number of primary amides is 1. The first kappa shape index (κ1) is 37.6. The number of nitrogens with one attached hydrogen (secondary N) is 2. The summed E-state index contributed by atoms with van der Waals surface area (Å²) in [6.45, 7) is 12.8. The molecule has 4 N–H and O–H groups in total. The molecular weight excluding hydrogens is 739 g/mol. The third kappa shape index (κ3) is 7.04. The maximum absolute atomic E-state index is 13.0. The zero-order valence-electron chi connectivity index (χ0n) is 33.4. The van der Waals surface area contributed by atoms with Crippen molar-refractivity contribution >= 4 is 61.2 Å². The summed E-state index contributed by atoms with van der Waals surface area (Å²) in [5.41, 5.74) is 11.5. The van der Waals surface area contributed by atoms with Crippen LogP contribution in [0, 0.1) is 23.7 Å². The van der Waals surface area contributed by atoms with Gasteiger partial charge in [-0.05, 0) is 60.1 Å². The summed E-state index contributed by atoms with van der Waals surface area (Å²) in [4.78, 5) is 66.9. The molecule has 8 heterocycles. The van der Waals surface area contributed by atoms with Crippen LogP contribution in [0.3, 0.4) is 0 Å². The average Bonchev–Trinajstić information content (AvgIpc) is 3.77. The first-order valence-corrected chi connectivity index (χ1v) is 20.1. The predicted molar refractivity (Wildman–Crippen MR) is 236 cm³/mol. The average molecular weight is 784 g/mol. The number of nitrogens with two attached hydrogens (primary N) is 1. The number of anilines is 2. The molecule has 0 saturated carbocycles. The van der Waals surface area contributed by atoms with Gasteiger partial charge in [0.25, 0.3) is 5.91 Å². The summed E-state index contributed by atoms with van der Waals surface area (Å²) in [7, 11) is 0. The molecule has 2 aliphatic rings. The van der Waals surface area contributed by atoms with Gasteiger partial charge < -0.3 is 25.5 Å². The second-order valence-electron chi connectivity index (χ2n) is 16.3. The zero-order chi connectivity index (χ0) is 40.9. The van der Waals surface area contributed by atoms with Crippen molar-refractivity contribution in [2.75, 3.05) is 36.0 Å². The number of fused-ring (bicyclic) bond motifs is 4. The van der Waals surface area contributed by atoms with Gasteiger partial charge in [-0.3, -0.25) is 24.4 Å². The fraction of sp³-hybridized carbons (Fsp3) is 0.255. The van der Waals surface area contributed by atoms with Crippen molar-refractivity contribution in [1.82, 2.24) is 29.9 Å². The van der Waals surface area contributed by atoms with E-state index < -0.39 is 5.91 Å². The molecule has 1 amide bonds. The molecule has 6 aromatic heterocycles. The lowest BCUT2D eigenvalue weighted by atomic mass is 10.0. The summed E-state index contributed by atoms with van der Waals surface area (Å²) in [5, 5.41) is 2.87. The van der Waals surface area contributed by atoms with Gasteiger partial charge >= 0.3 is 0 Å². The number of carbonyl (C=O) groups excluding carboxylic acids is 1. The lowest BCUT2D eigenvalue weighted by Gasteiger charge is -2.22. The van der Waals surface area contributed by atoms with Gasteiger partial charge in [0.05, 0.1) is 44.2 Å². The summed E-state index contributed by atoms with van der Waals surface area (Å²) in [5.74, 6) is 3.41. The van der Waals surface area contributed by atoms with Crippen molar-refractivity contribution in [1.29, 1.82) is 0 Å². The molecule has 2 aromatic carbocycles. The van der Waals surface area contributed by atoms with Crippen molar-refractivity contribution in [2.24, 2.45) is 29.4 Å². The molecule has 2 unspecified atom stereocenters. The lowest BCUT2D eigenvalue weighted by Crippen LogP contribution is -2.22. The molecule has 12 heteroatoms. The second-order valence-corrected chi connectivity index (χ2v) is 16.3. The minimum atomic E-state index is -0.725. The van der Waals surface area contributed by atoms with Crippen molar-refractivity contribution in [3.63, 3.8) is 0 Å². The number of aromatic amines is 2. The van der Waals surface area contributed by atoms with Crippen LogP contribution < -0.4 is 26.4 Å². The van der Waals surface area contributed by atoms with Gasteiger partial charge in [0, 0.05) is 78.8 Å². The van der Waals surface area contributed by atoms with Gasteiger partial charge in [-0.1, -0.05) is 64.1 Å². The number of nitrogens with zero attached hydrogens (tertiary/aromatic N) is 6. The number of pyridine rings is 6. The fourth-order valence-corrected chi connectivity index (χ4v) is 8.46. The fourth-order valence-electron chi connectivity index (χ4n) is 8.46. The van der Waals surface area contributed by atoms with Crippen LogP contribution in [-0.4, -0.2) is 62.0 Å². The third-order valence-electron chi connectivity index (χ3n) is 12.2. The molecule has 0 bridgehead atoms. The maximum Gasteiger partial charge on any atom is 0.268 e. The summed E-state index contributed by atoms with van der Waals surface area (Å²) < 4.78 is 0. The molecule has 2 fully saturated rings. The van der Waals surface area contributed by atoms with Crippen molar-refractivity contribution < 1.29 is 4.79 Å². The number of aromatic nitrogens is 6. The molecule has 4 atom stereocenters. The van der Waals surface area contributed by atoms with Crippen LogP contribution in [0.2, 0.25) is 0 Å². The van der Waals surface area contributed by atoms with Gasteiger partial charge in [0.15, 0.2) is 10.9 Å². The van der Waals surface area contributed by atoms with Gasteiger partial charge in [-0.2, -0.15) is 0 Å². The van der Waals surface area contributed by atoms with E-state index in [1.165, 1.54) is 12.3 Å². The second kappa shape index (κ2) is 15.1. The van der Waals surface area contributed by atoms with Crippen molar-refractivity contribution in [2.45, 2.75) is 27.7 Å². The molecule has 0 radical (unpaired) electrons. The number of hydrogen-bond donors (Lipinski definition) is 3. The van der Waals surface area contributed by atoms with Gasteiger partial charge in [-0.15, -0.1) is 0 Å². The highest BCUT2D eigenvalue weighted by molar-refractivity contribution is 6.04. The topological polar surface area (TPSA) is 167 Å². The number of carbonyl (C=O) groups is 1. The van der Waals surface area contributed by atoms with E-state index in [9.17, 15) is 14.4 Å². The summed E-state index contributed by atoms with van der Waals surface area (Å²) >= 11 is 0. The Bertz CT molecular complexity index is 3030. The van der Waals surface area contributed by atoms with Crippen LogP contribution in [0.5, 0.6) is 0 Å². The Morgan fingerprint density at radius 3 is 1.68 bits per heavy atom. The Balaban J connectivity index is 0.000000153. The van der Waals surface area contributed by atoms with E-state index in [0.717, 1.165) is 82.0 Å². The minimum Gasteiger partial charge on any atom is -0.364 e. The molecule has 2 aliphatic heterocycles. The molecule has 10 rings (SSSR count). The van der Waals surface area contributed by atoms with Crippen molar-refractivity contribution in [3.8, 4) is 22.5 Å². The normalized spacial score (nSPS) is 19.1. The zero-order valence-corrected chi connectivity index (χ0v) is 33.4. The highest BCUT2D eigenvalue weighted by Crippen LogP contribution is 2.37. The molecule has 0 aliphatic carbocycles. The van der Waals surface area contributed by atoms with Crippen LogP contribution in [0.15, 0.2) is 113 Å². The summed E-state index contributed by atoms with van der Waals surface area (Å²) in [6, 6.07) is 27.0. The van der Waals surface area contributed by atoms with E-state index in [0.29, 0.717) is 40.3 Å². The predicted octanol–water partition coefficient (Wildman–Crippen LogP) is 7.56. The van der Waals surface area contributed by atoms with Crippen LogP contribution in [0.4, 0.5) is 11.6 Å². The quantitative estimate of drug-likeness (QED) is 0.160. The van der Waals surface area contributed by atoms with Crippen LogP contribution in [0.1, 0.15) is 38.2 Å². The third-order valence-corrected chi connectivity index (χ3v) is 12.2. The molecule has 59 heavy (non-hydrogen) atoms. The van der Waals surface area contributed by atoms with Crippen LogP contribution in [-0.2, 0) is 0 Å².